The number of carbonyl (C=O) groups is 1. The van der Waals surface area contributed by atoms with E-state index in [-0.39, 0.29) is 5.69 Å². The topological polar surface area (TPSA) is 42.2 Å². The lowest BCUT2D eigenvalue weighted by Crippen LogP contribution is -2.05. The number of hydrogen-bond donors (Lipinski definition) is 1. The smallest absolute Gasteiger partial charge is 0.352 e. The third-order valence-corrected chi connectivity index (χ3v) is 3.19. The monoisotopic (exact) mass is 269 g/mol. The lowest BCUT2D eigenvalue weighted by atomic mass is 10.1. The molecule has 88 valence electrons. The van der Waals surface area contributed by atoms with Gasteiger partial charge in [-0.2, -0.15) is 0 Å². The largest absolute Gasteiger partial charge is 0.477 e. The van der Waals surface area contributed by atoms with Crippen molar-refractivity contribution in [3.63, 3.8) is 0 Å². The van der Waals surface area contributed by atoms with Crippen LogP contribution in [0.3, 0.4) is 0 Å². The first-order valence-corrected chi connectivity index (χ1v) is 5.61. The van der Waals surface area contributed by atoms with E-state index in [4.69, 9.17) is 28.3 Å². The molecule has 0 aliphatic rings. The fraction of sp³-hybridized carbons (Fsp3) is 0.0833. The van der Waals surface area contributed by atoms with Crippen molar-refractivity contribution < 1.29 is 9.90 Å². The number of aromatic nitrogens is 1. The molecule has 0 aliphatic carbocycles. The van der Waals surface area contributed by atoms with Crippen LogP contribution >= 0.6 is 23.2 Å². The molecule has 1 aromatic heterocycles. The van der Waals surface area contributed by atoms with Crippen LogP contribution in [-0.2, 0) is 7.05 Å². The van der Waals surface area contributed by atoms with Gasteiger partial charge in [-0.05, 0) is 24.3 Å². The van der Waals surface area contributed by atoms with Crippen molar-refractivity contribution in [1.82, 2.24) is 4.57 Å². The van der Waals surface area contributed by atoms with E-state index in [0.29, 0.717) is 21.3 Å². The molecule has 3 nitrogen and oxygen atoms in total. The molecule has 0 saturated heterocycles. The first-order valence-electron chi connectivity index (χ1n) is 4.85. The second-order valence-corrected chi connectivity index (χ2v) is 4.38. The number of rotatable bonds is 2. The van der Waals surface area contributed by atoms with Crippen molar-refractivity contribution in [2.45, 2.75) is 0 Å². The van der Waals surface area contributed by atoms with E-state index in [1.54, 1.807) is 35.9 Å². The zero-order valence-electron chi connectivity index (χ0n) is 8.95. The minimum absolute atomic E-state index is 0.191. The van der Waals surface area contributed by atoms with Crippen molar-refractivity contribution in [2.24, 2.45) is 7.05 Å². The molecule has 1 heterocycles. The SMILES string of the molecule is Cn1c(C(=O)O)ccc1-c1c(Cl)cccc1Cl. The fourth-order valence-corrected chi connectivity index (χ4v) is 2.31. The van der Waals surface area contributed by atoms with Crippen molar-refractivity contribution in [3.05, 3.63) is 46.1 Å². The summed E-state index contributed by atoms with van der Waals surface area (Å²) in [6.07, 6.45) is 0. The molecular weight excluding hydrogens is 261 g/mol. The molecule has 0 bridgehead atoms. The van der Waals surface area contributed by atoms with Crippen molar-refractivity contribution in [2.75, 3.05) is 0 Å². The molecule has 0 amide bonds. The summed E-state index contributed by atoms with van der Waals surface area (Å²) >= 11 is 12.2. The molecule has 5 heteroatoms. The predicted octanol–water partition coefficient (Wildman–Crippen LogP) is 3.70. The zero-order valence-corrected chi connectivity index (χ0v) is 10.5. The van der Waals surface area contributed by atoms with Crippen LogP contribution < -0.4 is 0 Å². The Morgan fingerprint density at radius 3 is 2.24 bits per heavy atom. The van der Waals surface area contributed by atoms with Gasteiger partial charge in [0, 0.05) is 12.6 Å². The lowest BCUT2D eigenvalue weighted by Gasteiger charge is -2.09. The molecule has 2 rings (SSSR count). The average Bonchev–Trinajstić information content (AvgIpc) is 2.61. The van der Waals surface area contributed by atoms with Crippen LogP contribution in [0.15, 0.2) is 30.3 Å². The van der Waals surface area contributed by atoms with Crippen LogP contribution in [0.25, 0.3) is 11.3 Å². The summed E-state index contributed by atoms with van der Waals surface area (Å²) in [5.74, 6) is -0.984. The Kier molecular flexibility index (Phi) is 3.13. The van der Waals surface area contributed by atoms with Crippen LogP contribution in [0.2, 0.25) is 10.0 Å². The van der Waals surface area contributed by atoms with Crippen LogP contribution in [0.5, 0.6) is 0 Å². The average molecular weight is 270 g/mol. The minimum Gasteiger partial charge on any atom is -0.477 e. The summed E-state index contributed by atoms with van der Waals surface area (Å²) < 4.78 is 1.55. The van der Waals surface area contributed by atoms with Crippen LogP contribution in [0.4, 0.5) is 0 Å². The quantitative estimate of drug-likeness (QED) is 0.904. The van der Waals surface area contributed by atoms with Gasteiger partial charge < -0.3 is 9.67 Å². The molecule has 0 radical (unpaired) electrons. The maximum atomic E-state index is 10.9. The van der Waals surface area contributed by atoms with E-state index < -0.39 is 5.97 Å². The molecule has 0 spiro atoms. The molecule has 0 fully saturated rings. The highest BCUT2D eigenvalue weighted by atomic mass is 35.5. The number of carboxylic acid groups (broad SMARTS) is 1. The molecule has 0 unspecified atom stereocenters. The van der Waals surface area contributed by atoms with Gasteiger partial charge >= 0.3 is 5.97 Å². The number of benzene rings is 1. The summed E-state index contributed by atoms with van der Waals surface area (Å²) in [6.45, 7) is 0. The summed E-state index contributed by atoms with van der Waals surface area (Å²) in [4.78, 5) is 10.9. The third kappa shape index (κ3) is 2.04. The molecule has 2 aromatic rings. The standard InChI is InChI=1S/C12H9Cl2NO2/c1-15-9(5-6-10(15)12(16)17)11-7(13)3-2-4-8(11)14/h2-6H,1H3,(H,16,17). The second-order valence-electron chi connectivity index (χ2n) is 3.56. The lowest BCUT2D eigenvalue weighted by molar-refractivity contribution is 0.0687. The van der Waals surface area contributed by atoms with Gasteiger partial charge in [-0.1, -0.05) is 29.3 Å². The number of carboxylic acids is 1. The van der Waals surface area contributed by atoms with Gasteiger partial charge in [-0.25, -0.2) is 4.79 Å². The Morgan fingerprint density at radius 2 is 1.76 bits per heavy atom. The highest BCUT2D eigenvalue weighted by Crippen LogP contribution is 2.35. The highest BCUT2D eigenvalue weighted by molar-refractivity contribution is 6.39. The molecule has 0 aliphatic heterocycles. The maximum Gasteiger partial charge on any atom is 0.352 e. The molecule has 1 aromatic carbocycles. The van der Waals surface area contributed by atoms with Crippen LogP contribution in [0, 0.1) is 0 Å². The number of hydrogen-bond acceptors (Lipinski definition) is 1. The number of aromatic carboxylic acids is 1. The van der Waals surface area contributed by atoms with E-state index in [9.17, 15) is 4.79 Å². The second kappa shape index (κ2) is 4.43. The molecule has 17 heavy (non-hydrogen) atoms. The van der Waals surface area contributed by atoms with Crippen molar-refractivity contribution in [1.29, 1.82) is 0 Å². The minimum atomic E-state index is -0.984. The van der Waals surface area contributed by atoms with Crippen LogP contribution in [-0.4, -0.2) is 15.6 Å². The summed E-state index contributed by atoms with van der Waals surface area (Å²) in [6, 6.07) is 8.40. The van der Waals surface area contributed by atoms with Gasteiger partial charge in [0.2, 0.25) is 0 Å². The zero-order chi connectivity index (χ0) is 12.6. The Bertz CT molecular complexity index is 570. The Labute approximate surface area is 108 Å². The van der Waals surface area contributed by atoms with Crippen molar-refractivity contribution >= 4 is 29.2 Å². The van der Waals surface area contributed by atoms with E-state index in [1.807, 2.05) is 0 Å². The van der Waals surface area contributed by atoms with E-state index in [0.717, 1.165) is 0 Å². The van der Waals surface area contributed by atoms with Gasteiger partial charge in [0.15, 0.2) is 0 Å². The van der Waals surface area contributed by atoms with Crippen molar-refractivity contribution in [3.8, 4) is 11.3 Å². The first kappa shape index (κ1) is 12.0. The first-order chi connectivity index (χ1) is 8.02. The van der Waals surface area contributed by atoms with Crippen LogP contribution in [0.1, 0.15) is 10.5 Å². The van der Waals surface area contributed by atoms with Gasteiger partial charge in [0.05, 0.1) is 15.7 Å². The van der Waals surface area contributed by atoms with Gasteiger partial charge in [0.1, 0.15) is 5.69 Å². The number of nitrogens with zero attached hydrogens (tertiary/aromatic N) is 1. The third-order valence-electron chi connectivity index (χ3n) is 2.56. The molecule has 1 N–H and O–H groups in total. The van der Waals surface area contributed by atoms with E-state index in [1.165, 1.54) is 6.07 Å². The fourth-order valence-electron chi connectivity index (χ4n) is 1.72. The number of halogens is 2. The Balaban J connectivity index is 2.66. The molecule has 0 saturated carbocycles. The predicted molar refractivity (Wildman–Crippen MR) is 67.8 cm³/mol. The normalized spacial score (nSPS) is 10.5. The Hall–Kier alpha value is -1.45. The summed E-state index contributed by atoms with van der Waals surface area (Å²) in [7, 11) is 1.67. The Morgan fingerprint density at radius 1 is 1.18 bits per heavy atom. The maximum absolute atomic E-state index is 10.9. The summed E-state index contributed by atoms with van der Waals surface area (Å²) in [5.41, 5.74) is 1.51. The highest BCUT2D eigenvalue weighted by Gasteiger charge is 2.16. The van der Waals surface area contributed by atoms with Gasteiger partial charge in [-0.15, -0.1) is 0 Å². The van der Waals surface area contributed by atoms with E-state index in [2.05, 4.69) is 0 Å². The van der Waals surface area contributed by atoms with E-state index >= 15 is 0 Å². The van der Waals surface area contributed by atoms with Gasteiger partial charge in [-0.3, -0.25) is 0 Å². The molecular formula is C12H9Cl2NO2. The summed E-state index contributed by atoms with van der Waals surface area (Å²) in [5, 5.41) is 9.97. The molecule has 0 atom stereocenters. The van der Waals surface area contributed by atoms with Gasteiger partial charge in [0.25, 0.3) is 0 Å².